The molecule has 3 nitrogen and oxygen atoms in total. The van der Waals surface area contributed by atoms with Crippen molar-refractivity contribution < 1.29 is 0 Å². The van der Waals surface area contributed by atoms with Crippen LogP contribution in [0.15, 0.2) is 24.3 Å². The van der Waals surface area contributed by atoms with Gasteiger partial charge in [-0.15, -0.1) is 0 Å². The Labute approximate surface area is 114 Å². The molecule has 1 aromatic heterocycles. The van der Waals surface area contributed by atoms with E-state index in [2.05, 4.69) is 25.7 Å². The normalized spacial score (nSPS) is 18.8. The van der Waals surface area contributed by atoms with Crippen molar-refractivity contribution in [1.82, 2.24) is 9.97 Å². The lowest BCUT2D eigenvalue weighted by atomic mass is 9.84. The maximum Gasteiger partial charge on any atom is 0.150 e. The van der Waals surface area contributed by atoms with Crippen LogP contribution in [0.2, 0.25) is 0 Å². The first-order valence-electron chi connectivity index (χ1n) is 7.03. The van der Waals surface area contributed by atoms with Crippen molar-refractivity contribution in [3.05, 3.63) is 30.0 Å². The summed E-state index contributed by atoms with van der Waals surface area (Å²) in [5.74, 6) is 1.06. The largest absolute Gasteiger partial charge is 0.355 e. The number of nitrogens with zero attached hydrogens (tertiary/aromatic N) is 3. The number of aromatic nitrogens is 2. The van der Waals surface area contributed by atoms with Gasteiger partial charge in [-0.2, -0.15) is 0 Å². The second-order valence-corrected chi connectivity index (χ2v) is 6.31. The molecule has 3 rings (SSSR count). The van der Waals surface area contributed by atoms with Crippen LogP contribution in [0.1, 0.15) is 32.4 Å². The van der Waals surface area contributed by atoms with E-state index in [-0.39, 0.29) is 0 Å². The van der Waals surface area contributed by atoms with Crippen LogP contribution in [-0.2, 0) is 0 Å². The summed E-state index contributed by atoms with van der Waals surface area (Å²) in [7, 11) is 0. The molecule has 100 valence electrons. The number of rotatable bonds is 1. The van der Waals surface area contributed by atoms with Gasteiger partial charge in [0.15, 0.2) is 5.82 Å². The molecule has 1 aliphatic rings. The summed E-state index contributed by atoms with van der Waals surface area (Å²) < 4.78 is 0. The van der Waals surface area contributed by atoms with Crippen molar-refractivity contribution in [3.8, 4) is 0 Å². The minimum Gasteiger partial charge on any atom is -0.355 e. The fourth-order valence-electron chi connectivity index (χ4n) is 2.98. The van der Waals surface area contributed by atoms with Crippen LogP contribution < -0.4 is 4.90 Å². The molecule has 19 heavy (non-hydrogen) atoms. The second-order valence-electron chi connectivity index (χ2n) is 6.31. The van der Waals surface area contributed by atoms with Gasteiger partial charge in [0, 0.05) is 13.1 Å². The fraction of sp³-hybridized carbons (Fsp3) is 0.500. The Balaban J connectivity index is 2.02. The maximum atomic E-state index is 4.83. The van der Waals surface area contributed by atoms with Crippen molar-refractivity contribution >= 4 is 16.9 Å². The monoisotopic (exact) mass is 255 g/mol. The van der Waals surface area contributed by atoms with E-state index in [1.165, 1.54) is 12.8 Å². The van der Waals surface area contributed by atoms with E-state index < -0.39 is 0 Å². The molecule has 0 N–H and O–H groups in total. The van der Waals surface area contributed by atoms with Gasteiger partial charge in [0.05, 0.1) is 16.7 Å². The van der Waals surface area contributed by atoms with Gasteiger partial charge in [0.2, 0.25) is 0 Å². The topological polar surface area (TPSA) is 29.0 Å². The average Bonchev–Trinajstić information content (AvgIpc) is 2.36. The second kappa shape index (κ2) is 4.48. The molecule has 2 aromatic rings. The minimum absolute atomic E-state index is 0.373. The molecule has 2 heterocycles. The standard InChI is InChI=1S/C16H21N3/c1-12-15(19-10-6-9-16(2,3)11-19)18-14-8-5-4-7-13(14)17-12/h4-5,7-8H,6,9-11H2,1-3H3. The zero-order valence-corrected chi connectivity index (χ0v) is 12.0. The van der Waals surface area contributed by atoms with Crippen LogP contribution in [0.25, 0.3) is 11.0 Å². The SMILES string of the molecule is Cc1nc2ccccc2nc1N1CCCC(C)(C)C1. The van der Waals surface area contributed by atoms with Gasteiger partial charge in [-0.3, -0.25) is 0 Å². The Bertz CT molecular complexity index is 604. The van der Waals surface area contributed by atoms with Crippen LogP contribution in [0.5, 0.6) is 0 Å². The highest BCUT2D eigenvalue weighted by molar-refractivity contribution is 5.76. The highest BCUT2D eigenvalue weighted by Crippen LogP contribution is 2.32. The Hall–Kier alpha value is -1.64. The lowest BCUT2D eigenvalue weighted by molar-refractivity contribution is 0.292. The predicted octanol–water partition coefficient (Wildman–Crippen LogP) is 3.56. The molecule has 0 saturated carbocycles. The first-order valence-corrected chi connectivity index (χ1v) is 7.03. The summed E-state index contributed by atoms with van der Waals surface area (Å²) in [6.45, 7) is 8.90. The zero-order chi connectivity index (χ0) is 13.5. The van der Waals surface area contributed by atoms with Crippen LogP contribution in [0.4, 0.5) is 5.82 Å². The van der Waals surface area contributed by atoms with E-state index in [4.69, 9.17) is 9.97 Å². The number of piperidine rings is 1. The maximum absolute atomic E-state index is 4.83. The van der Waals surface area contributed by atoms with Crippen molar-refractivity contribution in [2.24, 2.45) is 5.41 Å². The molecule has 0 amide bonds. The number of fused-ring (bicyclic) bond motifs is 1. The smallest absolute Gasteiger partial charge is 0.150 e. The summed E-state index contributed by atoms with van der Waals surface area (Å²) in [5.41, 5.74) is 3.39. The Morgan fingerprint density at radius 2 is 1.79 bits per heavy atom. The van der Waals surface area contributed by atoms with Gasteiger partial charge in [-0.1, -0.05) is 26.0 Å². The summed E-state index contributed by atoms with van der Waals surface area (Å²) in [6.07, 6.45) is 2.53. The van der Waals surface area contributed by atoms with Crippen LogP contribution in [0, 0.1) is 12.3 Å². The first-order chi connectivity index (χ1) is 9.05. The van der Waals surface area contributed by atoms with Gasteiger partial charge in [0.25, 0.3) is 0 Å². The van der Waals surface area contributed by atoms with E-state index in [9.17, 15) is 0 Å². The molecule has 1 fully saturated rings. The Morgan fingerprint density at radius 3 is 2.47 bits per heavy atom. The van der Waals surface area contributed by atoms with Crippen molar-refractivity contribution in [3.63, 3.8) is 0 Å². The van der Waals surface area contributed by atoms with Gasteiger partial charge in [0.1, 0.15) is 0 Å². The van der Waals surface area contributed by atoms with Gasteiger partial charge < -0.3 is 4.90 Å². The zero-order valence-electron chi connectivity index (χ0n) is 12.0. The predicted molar refractivity (Wildman–Crippen MR) is 79.5 cm³/mol. The van der Waals surface area contributed by atoms with E-state index in [0.717, 1.165) is 35.6 Å². The lowest BCUT2D eigenvalue weighted by Crippen LogP contribution is -2.41. The number of hydrogen-bond donors (Lipinski definition) is 0. The van der Waals surface area contributed by atoms with Gasteiger partial charge >= 0.3 is 0 Å². The molecule has 3 heteroatoms. The molecule has 0 bridgehead atoms. The van der Waals surface area contributed by atoms with E-state index in [1.54, 1.807) is 0 Å². The highest BCUT2D eigenvalue weighted by atomic mass is 15.2. The van der Waals surface area contributed by atoms with Crippen LogP contribution in [-0.4, -0.2) is 23.1 Å². The summed E-state index contributed by atoms with van der Waals surface area (Å²) in [6, 6.07) is 8.11. The van der Waals surface area contributed by atoms with Crippen molar-refractivity contribution in [2.75, 3.05) is 18.0 Å². The molecule has 0 radical (unpaired) electrons. The highest BCUT2D eigenvalue weighted by Gasteiger charge is 2.28. The number of aryl methyl sites for hydroxylation is 1. The Kier molecular flexibility index (Phi) is 2.92. The number of para-hydroxylation sites is 2. The van der Waals surface area contributed by atoms with Crippen molar-refractivity contribution in [1.29, 1.82) is 0 Å². The molecule has 0 aliphatic carbocycles. The first kappa shape index (κ1) is 12.4. The third kappa shape index (κ3) is 2.42. The molecule has 0 atom stereocenters. The third-order valence-electron chi connectivity index (χ3n) is 3.92. The van der Waals surface area contributed by atoms with Crippen molar-refractivity contribution in [2.45, 2.75) is 33.6 Å². The third-order valence-corrected chi connectivity index (χ3v) is 3.92. The molecular formula is C16H21N3. The summed E-state index contributed by atoms with van der Waals surface area (Å²) >= 11 is 0. The van der Waals surface area contributed by atoms with E-state index in [0.29, 0.717) is 5.41 Å². The van der Waals surface area contributed by atoms with Gasteiger partial charge in [-0.05, 0) is 37.3 Å². The summed E-state index contributed by atoms with van der Waals surface area (Å²) in [4.78, 5) is 11.9. The average molecular weight is 255 g/mol. The summed E-state index contributed by atoms with van der Waals surface area (Å²) in [5, 5.41) is 0. The van der Waals surface area contributed by atoms with E-state index in [1.807, 2.05) is 24.3 Å². The lowest BCUT2D eigenvalue weighted by Gasteiger charge is -2.39. The minimum atomic E-state index is 0.373. The number of benzene rings is 1. The van der Waals surface area contributed by atoms with Crippen LogP contribution in [0.3, 0.4) is 0 Å². The van der Waals surface area contributed by atoms with Gasteiger partial charge in [-0.25, -0.2) is 9.97 Å². The molecule has 0 unspecified atom stereocenters. The Morgan fingerprint density at radius 1 is 1.11 bits per heavy atom. The molecule has 1 saturated heterocycles. The fourth-order valence-corrected chi connectivity index (χ4v) is 2.98. The van der Waals surface area contributed by atoms with Crippen LogP contribution >= 0.6 is 0 Å². The quantitative estimate of drug-likeness (QED) is 0.780. The molecule has 1 aromatic carbocycles. The number of anilines is 1. The number of hydrogen-bond acceptors (Lipinski definition) is 3. The molecular weight excluding hydrogens is 234 g/mol. The molecule has 0 spiro atoms. The van der Waals surface area contributed by atoms with E-state index >= 15 is 0 Å². The molecule has 1 aliphatic heterocycles.